The summed E-state index contributed by atoms with van der Waals surface area (Å²) in [5, 5.41) is 29.1. The van der Waals surface area contributed by atoms with Crippen LogP contribution in [0.4, 0.5) is 0 Å². The molecule has 3 N–H and O–H groups in total. The van der Waals surface area contributed by atoms with Gasteiger partial charge in [0.2, 0.25) is 0 Å². The van der Waals surface area contributed by atoms with Crippen molar-refractivity contribution < 1.29 is 20.1 Å². The maximum Gasteiger partial charge on any atom is 0.120 e. The highest BCUT2D eigenvalue weighted by Gasteiger charge is 2.20. The van der Waals surface area contributed by atoms with Crippen molar-refractivity contribution in [2.45, 2.75) is 71.9 Å². The van der Waals surface area contributed by atoms with Crippen LogP contribution in [0, 0.1) is 0 Å². The van der Waals surface area contributed by atoms with Crippen LogP contribution in [0.3, 0.4) is 0 Å². The number of rotatable bonds is 11. The van der Waals surface area contributed by atoms with E-state index in [4.69, 9.17) is 4.74 Å². The topological polar surface area (TPSA) is 69.9 Å². The molecule has 2 aromatic carbocycles. The van der Waals surface area contributed by atoms with Gasteiger partial charge in [0.05, 0.1) is 18.8 Å². The molecule has 0 bridgehead atoms. The molecule has 29 heavy (non-hydrogen) atoms. The first kappa shape index (κ1) is 23.1. The first-order chi connectivity index (χ1) is 13.9. The molecule has 0 aromatic heterocycles. The largest absolute Gasteiger partial charge is 0.489 e. The summed E-state index contributed by atoms with van der Waals surface area (Å²) >= 11 is 0. The van der Waals surface area contributed by atoms with E-state index in [0.717, 1.165) is 36.8 Å². The number of benzene rings is 2. The predicted molar refractivity (Wildman–Crippen MR) is 117 cm³/mol. The number of hydrogen-bond acceptors (Lipinski definition) is 4. The summed E-state index contributed by atoms with van der Waals surface area (Å²) in [6.07, 6.45) is 5.38. The van der Waals surface area contributed by atoms with Crippen molar-refractivity contribution in [1.82, 2.24) is 0 Å². The smallest absolute Gasteiger partial charge is 0.120 e. The Balaban J connectivity index is 2.01. The van der Waals surface area contributed by atoms with Gasteiger partial charge in [0.15, 0.2) is 0 Å². The molecule has 158 valence electrons. The highest BCUT2D eigenvalue weighted by Crippen LogP contribution is 2.24. The first-order valence-corrected chi connectivity index (χ1v) is 10.4. The van der Waals surface area contributed by atoms with E-state index in [1.54, 1.807) is 12.1 Å². The van der Waals surface area contributed by atoms with Crippen LogP contribution in [0.1, 0.15) is 68.7 Å². The van der Waals surface area contributed by atoms with E-state index in [1.807, 2.05) is 32.0 Å². The fraction of sp³-hybridized carbons (Fsp3) is 0.440. The van der Waals surface area contributed by atoms with E-state index >= 15 is 0 Å². The molecule has 0 amide bonds. The second-order valence-corrected chi connectivity index (χ2v) is 7.59. The second-order valence-electron chi connectivity index (χ2n) is 7.59. The quantitative estimate of drug-likeness (QED) is 0.499. The lowest BCUT2D eigenvalue weighted by molar-refractivity contribution is 0.0246. The maximum atomic E-state index is 10.4. The third-order valence-corrected chi connectivity index (χ3v) is 5.68. The van der Waals surface area contributed by atoms with E-state index in [9.17, 15) is 15.3 Å². The Morgan fingerprint density at radius 3 is 2.38 bits per heavy atom. The van der Waals surface area contributed by atoms with Gasteiger partial charge in [0.1, 0.15) is 12.4 Å². The van der Waals surface area contributed by atoms with Crippen molar-refractivity contribution in [1.29, 1.82) is 0 Å². The minimum Gasteiger partial charge on any atom is -0.489 e. The molecule has 0 aliphatic carbocycles. The van der Waals surface area contributed by atoms with Crippen LogP contribution >= 0.6 is 0 Å². The monoisotopic (exact) mass is 398 g/mol. The summed E-state index contributed by atoms with van der Waals surface area (Å²) < 4.78 is 5.88. The number of ether oxygens (including phenoxy) is 1. The zero-order valence-corrected chi connectivity index (χ0v) is 17.8. The summed E-state index contributed by atoms with van der Waals surface area (Å²) in [7, 11) is 0. The van der Waals surface area contributed by atoms with Crippen LogP contribution in [-0.4, -0.2) is 20.9 Å². The first-order valence-electron chi connectivity index (χ1n) is 10.4. The van der Waals surface area contributed by atoms with Gasteiger partial charge in [-0.1, -0.05) is 44.2 Å². The van der Waals surface area contributed by atoms with Crippen LogP contribution < -0.4 is 4.74 Å². The molecule has 0 atom stereocenters. The average molecular weight is 399 g/mol. The van der Waals surface area contributed by atoms with Crippen LogP contribution in [0.25, 0.3) is 5.57 Å². The molecular weight excluding hydrogens is 364 g/mol. The number of aliphatic hydroxyl groups excluding tert-OH is 2. The number of aliphatic hydroxyl groups is 3. The molecule has 0 aliphatic heterocycles. The summed E-state index contributed by atoms with van der Waals surface area (Å²) in [6, 6.07) is 13.6. The molecule has 0 aliphatic rings. The third-order valence-electron chi connectivity index (χ3n) is 5.68. The second kappa shape index (κ2) is 11.1. The van der Waals surface area contributed by atoms with Gasteiger partial charge >= 0.3 is 0 Å². The minimum absolute atomic E-state index is 0.0995. The molecule has 0 radical (unpaired) electrons. The molecule has 2 aromatic rings. The molecule has 0 unspecified atom stereocenters. The minimum atomic E-state index is -0.564. The van der Waals surface area contributed by atoms with E-state index < -0.39 is 5.60 Å². The van der Waals surface area contributed by atoms with Gasteiger partial charge < -0.3 is 20.1 Å². The van der Waals surface area contributed by atoms with Crippen molar-refractivity contribution in [3.05, 3.63) is 70.8 Å². The zero-order chi connectivity index (χ0) is 21.3. The van der Waals surface area contributed by atoms with Gasteiger partial charge in [-0.15, -0.1) is 0 Å². The van der Waals surface area contributed by atoms with Crippen molar-refractivity contribution >= 4 is 5.57 Å². The molecule has 4 nitrogen and oxygen atoms in total. The molecule has 2 rings (SSSR count). The van der Waals surface area contributed by atoms with Gasteiger partial charge in [0.25, 0.3) is 0 Å². The lowest BCUT2D eigenvalue weighted by Crippen LogP contribution is -2.25. The van der Waals surface area contributed by atoms with Crippen LogP contribution in [-0.2, 0) is 19.8 Å². The van der Waals surface area contributed by atoms with Crippen molar-refractivity contribution in [2.24, 2.45) is 0 Å². The van der Waals surface area contributed by atoms with Gasteiger partial charge in [-0.3, -0.25) is 0 Å². The standard InChI is InChI=1S/C25H34O4/c1-4-25(28,5-2)13-7-8-19(3)21-10-6-9-20(14-21)18-29-24-12-11-22(16-26)23(15-24)17-27/h6,8-12,14-15,26-28H,4-5,7,13,16-18H2,1-3H3/b19-8+. The third kappa shape index (κ3) is 6.70. The molecule has 0 saturated carbocycles. The molecule has 0 heterocycles. The van der Waals surface area contributed by atoms with Gasteiger partial charge in [-0.2, -0.15) is 0 Å². The Labute approximate surface area is 174 Å². The zero-order valence-electron chi connectivity index (χ0n) is 17.8. The predicted octanol–water partition coefficient (Wildman–Crippen LogP) is 4.98. The maximum absolute atomic E-state index is 10.4. The van der Waals surface area contributed by atoms with E-state index in [-0.39, 0.29) is 13.2 Å². The Morgan fingerprint density at radius 1 is 1.00 bits per heavy atom. The van der Waals surface area contributed by atoms with Crippen LogP contribution in [0.2, 0.25) is 0 Å². The molecule has 0 fully saturated rings. The summed E-state index contributed by atoms with van der Waals surface area (Å²) in [6.45, 7) is 6.36. The Morgan fingerprint density at radius 2 is 1.72 bits per heavy atom. The SMILES string of the molecule is CCC(O)(CC)CC/C=C(\C)c1cccc(COc2ccc(CO)c(CO)c2)c1. The van der Waals surface area contributed by atoms with E-state index in [0.29, 0.717) is 23.5 Å². The fourth-order valence-electron chi connectivity index (χ4n) is 3.35. The Bertz CT molecular complexity index is 806. The van der Waals surface area contributed by atoms with E-state index in [2.05, 4.69) is 25.1 Å². The average Bonchev–Trinajstić information content (AvgIpc) is 2.77. The van der Waals surface area contributed by atoms with Crippen LogP contribution in [0.5, 0.6) is 5.75 Å². The normalized spacial score (nSPS) is 12.3. The van der Waals surface area contributed by atoms with Gasteiger partial charge in [-0.05, 0) is 78.6 Å². The lowest BCUT2D eigenvalue weighted by atomic mass is 9.91. The van der Waals surface area contributed by atoms with E-state index in [1.165, 1.54) is 5.57 Å². The van der Waals surface area contributed by atoms with Gasteiger partial charge in [0, 0.05) is 0 Å². The van der Waals surface area contributed by atoms with Crippen molar-refractivity contribution in [3.63, 3.8) is 0 Å². The highest BCUT2D eigenvalue weighted by molar-refractivity contribution is 5.64. The molecule has 0 spiro atoms. The van der Waals surface area contributed by atoms with Crippen molar-refractivity contribution in [3.8, 4) is 5.75 Å². The van der Waals surface area contributed by atoms with Crippen LogP contribution in [0.15, 0.2) is 48.5 Å². The number of hydrogen-bond donors (Lipinski definition) is 3. The highest BCUT2D eigenvalue weighted by atomic mass is 16.5. The molecule has 4 heteroatoms. The van der Waals surface area contributed by atoms with Crippen molar-refractivity contribution in [2.75, 3.05) is 0 Å². The molecule has 0 saturated heterocycles. The summed E-state index contributed by atoms with van der Waals surface area (Å²) in [5.74, 6) is 0.669. The Hall–Kier alpha value is -2.14. The lowest BCUT2D eigenvalue weighted by Gasteiger charge is -2.24. The summed E-state index contributed by atoms with van der Waals surface area (Å²) in [4.78, 5) is 0. The van der Waals surface area contributed by atoms with Gasteiger partial charge in [-0.25, -0.2) is 0 Å². The Kier molecular flexibility index (Phi) is 8.90. The summed E-state index contributed by atoms with van der Waals surface area (Å²) in [5.41, 5.74) is 4.22. The molecular formula is C25H34O4. The number of allylic oxidation sites excluding steroid dienone is 2. The fourth-order valence-corrected chi connectivity index (χ4v) is 3.35.